The van der Waals surface area contributed by atoms with Gasteiger partial charge in [0.15, 0.2) is 0 Å². The van der Waals surface area contributed by atoms with E-state index in [0.29, 0.717) is 0 Å². The van der Waals surface area contributed by atoms with Gasteiger partial charge in [0.2, 0.25) is 0 Å². The van der Waals surface area contributed by atoms with E-state index in [1.165, 1.54) is 19.8 Å². The van der Waals surface area contributed by atoms with Crippen molar-refractivity contribution in [2.45, 2.75) is 59.3 Å². The van der Waals surface area contributed by atoms with Gasteiger partial charge in [0.1, 0.15) is 0 Å². The molecule has 0 aromatic heterocycles. The Hall–Kier alpha value is -0.860. The Morgan fingerprint density at radius 1 is 1.13 bits per heavy atom. The number of hydrogen-bond acceptors (Lipinski definition) is 3. The fourth-order valence-corrected chi connectivity index (χ4v) is 1.53. The Morgan fingerprint density at radius 2 is 1.80 bits per heavy atom. The standard InChI is InChI=1S/C12H22O3/c1-4-6-7-8-9-11(5-2)12(14)15-10(3)13/h11H,4-9H2,1-3H3. The molecule has 3 nitrogen and oxygen atoms in total. The van der Waals surface area contributed by atoms with Crippen LogP contribution < -0.4 is 0 Å². The number of carbonyl (C=O) groups is 2. The molecule has 0 fully saturated rings. The maximum absolute atomic E-state index is 11.4. The summed E-state index contributed by atoms with van der Waals surface area (Å²) >= 11 is 0. The van der Waals surface area contributed by atoms with Crippen LogP contribution in [0.4, 0.5) is 0 Å². The predicted octanol–water partition coefficient (Wildman–Crippen LogP) is 3.07. The number of unbranched alkanes of at least 4 members (excludes halogenated alkanes) is 3. The summed E-state index contributed by atoms with van der Waals surface area (Å²) in [6.45, 7) is 5.37. The Morgan fingerprint density at radius 3 is 2.27 bits per heavy atom. The molecule has 0 aliphatic heterocycles. The first kappa shape index (κ1) is 14.1. The molecule has 0 aliphatic rings. The van der Waals surface area contributed by atoms with E-state index in [4.69, 9.17) is 0 Å². The molecule has 0 spiro atoms. The third-order valence-electron chi connectivity index (χ3n) is 2.48. The van der Waals surface area contributed by atoms with Gasteiger partial charge in [-0.3, -0.25) is 9.59 Å². The lowest BCUT2D eigenvalue weighted by molar-refractivity contribution is -0.161. The van der Waals surface area contributed by atoms with Gasteiger partial charge in [-0.2, -0.15) is 0 Å². The fraction of sp³-hybridized carbons (Fsp3) is 0.833. The molecular weight excluding hydrogens is 192 g/mol. The third-order valence-corrected chi connectivity index (χ3v) is 2.48. The highest BCUT2D eigenvalue weighted by Crippen LogP contribution is 2.15. The van der Waals surface area contributed by atoms with Gasteiger partial charge < -0.3 is 4.74 Å². The summed E-state index contributed by atoms with van der Waals surface area (Å²) in [6.07, 6.45) is 6.17. The van der Waals surface area contributed by atoms with Gasteiger partial charge in [-0.15, -0.1) is 0 Å². The molecule has 1 atom stereocenters. The van der Waals surface area contributed by atoms with E-state index in [-0.39, 0.29) is 11.9 Å². The van der Waals surface area contributed by atoms with Crippen LogP contribution in [0, 0.1) is 5.92 Å². The molecule has 0 saturated heterocycles. The van der Waals surface area contributed by atoms with E-state index in [1.807, 2.05) is 6.92 Å². The minimum Gasteiger partial charge on any atom is -0.393 e. The Kier molecular flexibility index (Phi) is 7.96. The molecule has 0 heterocycles. The van der Waals surface area contributed by atoms with Gasteiger partial charge in [0, 0.05) is 6.92 Å². The first-order valence-electron chi connectivity index (χ1n) is 5.84. The summed E-state index contributed by atoms with van der Waals surface area (Å²) in [7, 11) is 0. The zero-order chi connectivity index (χ0) is 11.7. The molecule has 88 valence electrons. The van der Waals surface area contributed by atoms with Crippen LogP contribution in [0.1, 0.15) is 59.3 Å². The molecule has 15 heavy (non-hydrogen) atoms. The minimum absolute atomic E-state index is 0.106. The topological polar surface area (TPSA) is 43.4 Å². The highest BCUT2D eigenvalue weighted by molar-refractivity contribution is 5.85. The second kappa shape index (κ2) is 8.45. The molecule has 0 radical (unpaired) electrons. The van der Waals surface area contributed by atoms with Crippen molar-refractivity contribution in [2.75, 3.05) is 0 Å². The normalized spacial score (nSPS) is 12.2. The summed E-state index contributed by atoms with van der Waals surface area (Å²) < 4.78 is 4.58. The molecule has 0 aromatic carbocycles. The van der Waals surface area contributed by atoms with Crippen molar-refractivity contribution in [3.8, 4) is 0 Å². The van der Waals surface area contributed by atoms with Crippen LogP contribution in [-0.2, 0) is 14.3 Å². The van der Waals surface area contributed by atoms with Gasteiger partial charge in [0.25, 0.3) is 0 Å². The van der Waals surface area contributed by atoms with E-state index in [9.17, 15) is 9.59 Å². The minimum atomic E-state index is -0.507. The van der Waals surface area contributed by atoms with Gasteiger partial charge in [0.05, 0.1) is 5.92 Å². The molecule has 0 saturated carbocycles. The lowest BCUT2D eigenvalue weighted by Crippen LogP contribution is -2.19. The average molecular weight is 214 g/mol. The second-order valence-electron chi connectivity index (χ2n) is 3.87. The Bertz CT molecular complexity index is 199. The molecule has 0 amide bonds. The van der Waals surface area contributed by atoms with Crippen LogP contribution in [0.25, 0.3) is 0 Å². The van der Waals surface area contributed by atoms with Gasteiger partial charge in [-0.1, -0.05) is 39.5 Å². The SMILES string of the molecule is CCCCCCC(CC)C(=O)OC(C)=O. The van der Waals surface area contributed by atoms with Gasteiger partial charge in [-0.05, 0) is 12.8 Å². The Labute approximate surface area is 92.2 Å². The van der Waals surface area contributed by atoms with E-state index < -0.39 is 5.97 Å². The summed E-state index contributed by atoms with van der Waals surface area (Å²) in [4.78, 5) is 22.0. The van der Waals surface area contributed by atoms with Crippen LogP contribution in [-0.4, -0.2) is 11.9 Å². The molecular formula is C12H22O3. The quantitative estimate of drug-likeness (QED) is 0.371. The third kappa shape index (κ3) is 7.11. The lowest BCUT2D eigenvalue weighted by atomic mass is 9.98. The molecule has 0 aromatic rings. The molecule has 0 rings (SSSR count). The average Bonchev–Trinajstić information content (AvgIpc) is 2.16. The summed E-state index contributed by atoms with van der Waals surface area (Å²) in [5.74, 6) is -0.973. The van der Waals surface area contributed by atoms with E-state index in [1.54, 1.807) is 0 Å². The molecule has 0 bridgehead atoms. The van der Waals surface area contributed by atoms with Crippen molar-refractivity contribution in [1.82, 2.24) is 0 Å². The summed E-state index contributed by atoms with van der Waals surface area (Å²) in [5.41, 5.74) is 0. The first-order chi connectivity index (χ1) is 7.11. The van der Waals surface area contributed by atoms with Crippen molar-refractivity contribution in [3.63, 3.8) is 0 Å². The monoisotopic (exact) mass is 214 g/mol. The zero-order valence-corrected chi connectivity index (χ0v) is 10.0. The molecule has 0 aliphatic carbocycles. The smallest absolute Gasteiger partial charge is 0.316 e. The largest absolute Gasteiger partial charge is 0.393 e. The van der Waals surface area contributed by atoms with E-state index in [2.05, 4.69) is 11.7 Å². The van der Waals surface area contributed by atoms with Crippen molar-refractivity contribution < 1.29 is 14.3 Å². The molecule has 1 unspecified atom stereocenters. The number of esters is 2. The lowest BCUT2D eigenvalue weighted by Gasteiger charge is -2.11. The van der Waals surface area contributed by atoms with Gasteiger partial charge >= 0.3 is 11.9 Å². The number of hydrogen-bond donors (Lipinski definition) is 0. The van der Waals surface area contributed by atoms with Crippen LogP contribution in [0.3, 0.4) is 0 Å². The van der Waals surface area contributed by atoms with Crippen molar-refractivity contribution >= 4 is 11.9 Å². The predicted molar refractivity (Wildman–Crippen MR) is 59.3 cm³/mol. The highest BCUT2D eigenvalue weighted by Gasteiger charge is 2.18. The Balaban J connectivity index is 3.80. The number of ether oxygens (including phenoxy) is 1. The maximum atomic E-state index is 11.4. The molecule has 3 heteroatoms. The summed E-state index contributed by atoms with van der Waals surface area (Å²) in [6, 6.07) is 0. The summed E-state index contributed by atoms with van der Waals surface area (Å²) in [5, 5.41) is 0. The fourth-order valence-electron chi connectivity index (χ4n) is 1.53. The highest BCUT2D eigenvalue weighted by atomic mass is 16.6. The maximum Gasteiger partial charge on any atom is 0.316 e. The first-order valence-corrected chi connectivity index (χ1v) is 5.84. The van der Waals surface area contributed by atoms with Crippen LogP contribution >= 0.6 is 0 Å². The second-order valence-corrected chi connectivity index (χ2v) is 3.87. The number of carbonyl (C=O) groups excluding carboxylic acids is 2. The van der Waals surface area contributed by atoms with Crippen molar-refractivity contribution in [1.29, 1.82) is 0 Å². The van der Waals surface area contributed by atoms with Crippen LogP contribution in [0.2, 0.25) is 0 Å². The van der Waals surface area contributed by atoms with Crippen molar-refractivity contribution in [3.05, 3.63) is 0 Å². The van der Waals surface area contributed by atoms with Crippen molar-refractivity contribution in [2.24, 2.45) is 5.92 Å². The number of rotatable bonds is 7. The van der Waals surface area contributed by atoms with E-state index in [0.717, 1.165) is 25.7 Å². The van der Waals surface area contributed by atoms with E-state index >= 15 is 0 Å². The van der Waals surface area contributed by atoms with Crippen LogP contribution in [0.5, 0.6) is 0 Å². The molecule has 0 N–H and O–H groups in total. The zero-order valence-electron chi connectivity index (χ0n) is 10.0. The van der Waals surface area contributed by atoms with Gasteiger partial charge in [-0.25, -0.2) is 0 Å². The van der Waals surface area contributed by atoms with Crippen LogP contribution in [0.15, 0.2) is 0 Å².